The SMILES string of the molecule is CCN(CC)C(=O)c1ccc(Cl)cc1BO. The first-order valence-corrected chi connectivity index (χ1v) is 5.70. The molecule has 0 aromatic heterocycles. The van der Waals surface area contributed by atoms with Crippen LogP contribution >= 0.6 is 11.6 Å². The summed E-state index contributed by atoms with van der Waals surface area (Å²) in [5, 5.41) is 9.72. The summed E-state index contributed by atoms with van der Waals surface area (Å²) in [7, 11) is -0.178. The van der Waals surface area contributed by atoms with Crippen LogP contribution in [0.5, 0.6) is 0 Å². The van der Waals surface area contributed by atoms with Crippen LogP contribution in [0.2, 0.25) is 5.02 Å². The number of carbonyl (C=O) groups excluding carboxylic acids is 1. The number of halogens is 1. The highest BCUT2D eigenvalue weighted by molar-refractivity contribution is 6.49. The lowest BCUT2D eigenvalue weighted by Crippen LogP contribution is -2.35. The number of hydrogen-bond acceptors (Lipinski definition) is 2. The third-order valence-corrected chi connectivity index (χ3v) is 2.75. The molecule has 1 aromatic rings. The second kappa shape index (κ2) is 5.92. The molecule has 1 N–H and O–H groups in total. The number of rotatable bonds is 4. The second-order valence-electron chi connectivity index (χ2n) is 3.44. The highest BCUT2D eigenvalue weighted by atomic mass is 35.5. The molecule has 0 saturated heterocycles. The fourth-order valence-electron chi connectivity index (χ4n) is 1.58. The lowest BCUT2D eigenvalue weighted by Gasteiger charge is -2.20. The maximum Gasteiger partial charge on any atom is 0.305 e. The Morgan fingerprint density at radius 2 is 2.06 bits per heavy atom. The number of nitrogens with zero attached hydrogens (tertiary/aromatic N) is 1. The van der Waals surface area contributed by atoms with Crippen molar-refractivity contribution < 1.29 is 9.82 Å². The van der Waals surface area contributed by atoms with Crippen molar-refractivity contribution in [2.24, 2.45) is 0 Å². The van der Waals surface area contributed by atoms with Gasteiger partial charge in [0.15, 0.2) is 0 Å². The van der Waals surface area contributed by atoms with E-state index >= 15 is 0 Å². The quantitative estimate of drug-likeness (QED) is 0.789. The number of amides is 1. The van der Waals surface area contributed by atoms with Crippen LogP contribution in [0.1, 0.15) is 24.2 Å². The normalized spacial score (nSPS) is 10.0. The minimum absolute atomic E-state index is 0.0642. The molecule has 86 valence electrons. The Labute approximate surface area is 101 Å². The summed E-state index contributed by atoms with van der Waals surface area (Å²) in [4.78, 5) is 13.8. The number of hydrogen-bond donors (Lipinski definition) is 1. The lowest BCUT2D eigenvalue weighted by atomic mass is 9.84. The van der Waals surface area contributed by atoms with Gasteiger partial charge in [0.25, 0.3) is 5.91 Å². The molecule has 0 saturated carbocycles. The van der Waals surface area contributed by atoms with Crippen LogP contribution in [0.4, 0.5) is 0 Å². The Hall–Kier alpha value is -0.995. The number of carbonyl (C=O) groups is 1. The van der Waals surface area contributed by atoms with Crippen LogP contribution in [0.15, 0.2) is 18.2 Å². The van der Waals surface area contributed by atoms with Crippen molar-refractivity contribution in [2.45, 2.75) is 13.8 Å². The van der Waals surface area contributed by atoms with E-state index in [4.69, 9.17) is 11.6 Å². The van der Waals surface area contributed by atoms with E-state index in [0.717, 1.165) is 0 Å². The topological polar surface area (TPSA) is 40.5 Å². The van der Waals surface area contributed by atoms with Crippen molar-refractivity contribution in [2.75, 3.05) is 13.1 Å². The third-order valence-electron chi connectivity index (χ3n) is 2.52. The molecule has 5 heteroatoms. The van der Waals surface area contributed by atoms with Crippen molar-refractivity contribution in [3.8, 4) is 0 Å². The van der Waals surface area contributed by atoms with Crippen molar-refractivity contribution in [1.29, 1.82) is 0 Å². The van der Waals surface area contributed by atoms with Gasteiger partial charge in [0.05, 0.1) is 0 Å². The van der Waals surface area contributed by atoms with Gasteiger partial charge in [-0.05, 0) is 37.5 Å². The summed E-state index contributed by atoms with van der Waals surface area (Å²) >= 11 is 5.81. The summed E-state index contributed by atoms with van der Waals surface area (Å²) in [5.74, 6) is -0.0642. The third kappa shape index (κ3) is 2.77. The van der Waals surface area contributed by atoms with Crippen LogP contribution < -0.4 is 5.46 Å². The van der Waals surface area contributed by atoms with E-state index in [1.807, 2.05) is 13.8 Å². The Kier molecular flexibility index (Phi) is 4.84. The highest BCUT2D eigenvalue weighted by Gasteiger charge is 2.16. The molecule has 1 aromatic carbocycles. The van der Waals surface area contributed by atoms with Crippen LogP contribution in [0, 0.1) is 0 Å². The molecule has 0 aliphatic rings. The summed E-state index contributed by atoms with van der Waals surface area (Å²) < 4.78 is 0. The van der Waals surface area contributed by atoms with Crippen molar-refractivity contribution >= 4 is 30.5 Å². The van der Waals surface area contributed by atoms with Crippen LogP contribution in [-0.4, -0.2) is 36.4 Å². The summed E-state index contributed by atoms with van der Waals surface area (Å²) in [6, 6.07) is 4.95. The predicted molar refractivity (Wildman–Crippen MR) is 67.7 cm³/mol. The predicted octanol–water partition coefficient (Wildman–Crippen LogP) is 0.791. The molecule has 0 atom stereocenters. The molecule has 0 aliphatic heterocycles. The van der Waals surface area contributed by atoms with E-state index in [9.17, 15) is 9.82 Å². The lowest BCUT2D eigenvalue weighted by molar-refractivity contribution is 0.0774. The first-order chi connectivity index (χ1) is 7.63. The van der Waals surface area contributed by atoms with E-state index in [2.05, 4.69) is 0 Å². The van der Waals surface area contributed by atoms with Crippen LogP contribution in [0.25, 0.3) is 0 Å². The van der Waals surface area contributed by atoms with Gasteiger partial charge in [-0.1, -0.05) is 11.6 Å². The maximum absolute atomic E-state index is 12.1. The van der Waals surface area contributed by atoms with E-state index in [1.54, 1.807) is 23.1 Å². The van der Waals surface area contributed by atoms with Gasteiger partial charge in [-0.15, -0.1) is 0 Å². The Bertz CT molecular complexity index is 380. The standard InChI is InChI=1S/C11H15BClNO2/c1-3-14(4-2)11(15)9-6-5-8(13)7-10(9)12-16/h5-7,12,16H,3-4H2,1-2H3. The molecule has 0 fully saturated rings. The van der Waals surface area contributed by atoms with Gasteiger partial charge < -0.3 is 9.92 Å². The van der Waals surface area contributed by atoms with Gasteiger partial charge in [-0.25, -0.2) is 0 Å². The van der Waals surface area contributed by atoms with Crippen molar-refractivity contribution in [3.05, 3.63) is 28.8 Å². The van der Waals surface area contributed by atoms with Crippen LogP contribution in [0.3, 0.4) is 0 Å². The molecule has 0 spiro atoms. The smallest absolute Gasteiger partial charge is 0.305 e. The highest BCUT2D eigenvalue weighted by Crippen LogP contribution is 2.09. The molecule has 0 bridgehead atoms. The van der Waals surface area contributed by atoms with Gasteiger partial charge in [0.1, 0.15) is 0 Å². The van der Waals surface area contributed by atoms with E-state index in [-0.39, 0.29) is 13.4 Å². The Balaban J connectivity index is 3.07. The number of benzene rings is 1. The van der Waals surface area contributed by atoms with Gasteiger partial charge >= 0.3 is 7.48 Å². The average molecular weight is 240 g/mol. The minimum atomic E-state index is -0.178. The molecule has 0 aliphatic carbocycles. The molecular weight excluding hydrogens is 224 g/mol. The zero-order chi connectivity index (χ0) is 12.1. The Morgan fingerprint density at radius 1 is 1.44 bits per heavy atom. The zero-order valence-corrected chi connectivity index (χ0v) is 10.3. The summed E-state index contributed by atoms with van der Waals surface area (Å²) in [6.07, 6.45) is 0. The van der Waals surface area contributed by atoms with Gasteiger partial charge in [0, 0.05) is 23.7 Å². The average Bonchev–Trinajstić information content (AvgIpc) is 2.30. The molecule has 1 amide bonds. The molecular formula is C11H15BClNO2. The summed E-state index contributed by atoms with van der Waals surface area (Å²) in [5.41, 5.74) is 1.10. The second-order valence-corrected chi connectivity index (χ2v) is 3.87. The fourth-order valence-corrected chi connectivity index (χ4v) is 1.78. The summed E-state index contributed by atoms with van der Waals surface area (Å²) in [6.45, 7) is 5.16. The Morgan fingerprint density at radius 3 is 2.56 bits per heavy atom. The molecule has 0 unspecified atom stereocenters. The van der Waals surface area contributed by atoms with E-state index < -0.39 is 0 Å². The molecule has 0 heterocycles. The molecule has 1 rings (SSSR count). The zero-order valence-electron chi connectivity index (χ0n) is 9.53. The van der Waals surface area contributed by atoms with E-state index in [1.165, 1.54) is 0 Å². The molecule has 0 radical (unpaired) electrons. The molecule has 16 heavy (non-hydrogen) atoms. The fraction of sp³-hybridized carbons (Fsp3) is 0.364. The molecule has 3 nitrogen and oxygen atoms in total. The van der Waals surface area contributed by atoms with E-state index in [0.29, 0.717) is 29.1 Å². The monoisotopic (exact) mass is 239 g/mol. The van der Waals surface area contributed by atoms with Crippen LogP contribution in [-0.2, 0) is 0 Å². The largest absolute Gasteiger partial charge is 0.449 e. The maximum atomic E-state index is 12.1. The van der Waals surface area contributed by atoms with Gasteiger partial charge in [-0.3, -0.25) is 4.79 Å². The first-order valence-electron chi connectivity index (χ1n) is 5.32. The minimum Gasteiger partial charge on any atom is -0.449 e. The van der Waals surface area contributed by atoms with Gasteiger partial charge in [-0.2, -0.15) is 0 Å². The first kappa shape index (κ1) is 13.1. The van der Waals surface area contributed by atoms with Gasteiger partial charge in [0.2, 0.25) is 0 Å². The van der Waals surface area contributed by atoms with Crippen molar-refractivity contribution in [1.82, 2.24) is 4.90 Å². The van der Waals surface area contributed by atoms with Crippen molar-refractivity contribution in [3.63, 3.8) is 0 Å².